The number of nitrogens with zero attached hydrogens (tertiary/aromatic N) is 1. The average molecular weight is 260 g/mol. The lowest BCUT2D eigenvalue weighted by Crippen LogP contribution is -2.32. The third kappa shape index (κ3) is 2.55. The second kappa shape index (κ2) is 6.04. The fraction of sp³-hybridized carbons (Fsp3) is 0.105. The molecule has 0 saturated heterocycles. The molecule has 1 nitrogen and oxygen atoms in total. The van der Waals surface area contributed by atoms with E-state index >= 15 is 0 Å². The maximum Gasteiger partial charge on any atom is 0.221 e. The van der Waals surface area contributed by atoms with E-state index < -0.39 is 0 Å². The Labute approximate surface area is 120 Å². The van der Waals surface area contributed by atoms with Crippen molar-refractivity contribution < 1.29 is 4.57 Å². The molecule has 0 aliphatic rings. The summed E-state index contributed by atoms with van der Waals surface area (Å²) in [6, 6.07) is 10.1. The lowest BCUT2D eigenvalue weighted by molar-refractivity contribution is -0.660. The van der Waals surface area contributed by atoms with Gasteiger partial charge in [-0.15, -0.1) is 6.42 Å². The predicted octanol–water partition coefficient (Wildman–Crippen LogP) is 3.67. The number of allylic oxidation sites excluding steroid dienone is 2. The van der Waals surface area contributed by atoms with E-state index in [0.29, 0.717) is 0 Å². The van der Waals surface area contributed by atoms with E-state index in [1.807, 2.05) is 31.3 Å². The van der Waals surface area contributed by atoms with Crippen molar-refractivity contribution in [2.45, 2.75) is 6.92 Å². The molecule has 2 aromatic rings. The van der Waals surface area contributed by atoms with Gasteiger partial charge in [-0.3, -0.25) is 0 Å². The summed E-state index contributed by atoms with van der Waals surface area (Å²) in [4.78, 5) is 0. The molecule has 0 atom stereocenters. The smallest absolute Gasteiger partial charge is 0.200 e. The van der Waals surface area contributed by atoms with E-state index in [2.05, 4.69) is 48.4 Å². The van der Waals surface area contributed by atoms with Gasteiger partial charge >= 0.3 is 0 Å². The maximum atomic E-state index is 5.63. The molecule has 0 spiro atoms. The Kier molecular flexibility index (Phi) is 4.17. The first-order valence-electron chi connectivity index (χ1n) is 6.53. The number of aryl methyl sites for hydroxylation is 2. The second-order valence-corrected chi connectivity index (χ2v) is 4.66. The zero-order valence-corrected chi connectivity index (χ0v) is 11.9. The average Bonchev–Trinajstić information content (AvgIpc) is 2.48. The van der Waals surface area contributed by atoms with E-state index in [0.717, 1.165) is 22.4 Å². The number of aromatic nitrogens is 1. The van der Waals surface area contributed by atoms with Crippen LogP contribution in [0.5, 0.6) is 0 Å². The minimum atomic E-state index is 0.905. The van der Waals surface area contributed by atoms with E-state index in [4.69, 9.17) is 6.42 Å². The van der Waals surface area contributed by atoms with Crippen LogP contribution >= 0.6 is 0 Å². The normalized spacial score (nSPS) is 10.4. The lowest BCUT2D eigenvalue weighted by atomic mass is 9.97. The molecule has 2 rings (SSSR count). The molecule has 0 fully saturated rings. The van der Waals surface area contributed by atoms with Crippen LogP contribution in [0, 0.1) is 19.3 Å². The summed E-state index contributed by atoms with van der Waals surface area (Å²) >= 11 is 0. The van der Waals surface area contributed by atoms with Gasteiger partial charge in [0.05, 0.1) is 5.56 Å². The van der Waals surface area contributed by atoms with Gasteiger partial charge in [-0.2, -0.15) is 0 Å². The summed E-state index contributed by atoms with van der Waals surface area (Å²) in [5.41, 5.74) is 5.48. The summed E-state index contributed by atoms with van der Waals surface area (Å²) in [6.07, 6.45) is 13.5. The molecule has 0 aliphatic heterocycles. The molecule has 0 saturated carbocycles. The molecule has 0 aliphatic carbocycles. The predicted molar refractivity (Wildman–Crippen MR) is 85.0 cm³/mol. The molecular formula is C19H18N+. The van der Waals surface area contributed by atoms with Crippen LogP contribution in [0.3, 0.4) is 0 Å². The van der Waals surface area contributed by atoms with Gasteiger partial charge in [0.1, 0.15) is 7.05 Å². The summed E-state index contributed by atoms with van der Waals surface area (Å²) in [5.74, 6) is 2.77. The molecule has 98 valence electrons. The Hall–Kier alpha value is -2.59. The molecule has 1 heteroatoms. The summed E-state index contributed by atoms with van der Waals surface area (Å²) < 4.78 is 2.10. The largest absolute Gasteiger partial charge is 0.221 e. The topological polar surface area (TPSA) is 3.88 Å². The zero-order chi connectivity index (χ0) is 14.5. The van der Waals surface area contributed by atoms with Crippen LogP contribution in [-0.4, -0.2) is 0 Å². The number of rotatable bonds is 3. The summed E-state index contributed by atoms with van der Waals surface area (Å²) in [5, 5.41) is 0. The number of benzene rings is 1. The van der Waals surface area contributed by atoms with Crippen molar-refractivity contribution in [3.63, 3.8) is 0 Å². The monoisotopic (exact) mass is 260 g/mol. The fourth-order valence-electron chi connectivity index (χ4n) is 2.29. The Morgan fingerprint density at radius 3 is 2.70 bits per heavy atom. The highest BCUT2D eigenvalue weighted by atomic mass is 14.9. The van der Waals surface area contributed by atoms with Gasteiger partial charge < -0.3 is 0 Å². The number of hydrogen-bond donors (Lipinski definition) is 0. The van der Waals surface area contributed by atoms with Gasteiger partial charge in [0, 0.05) is 17.2 Å². The maximum absolute atomic E-state index is 5.63. The van der Waals surface area contributed by atoms with E-state index in [-0.39, 0.29) is 0 Å². The van der Waals surface area contributed by atoms with E-state index in [1.165, 1.54) is 5.56 Å². The molecule has 1 aromatic carbocycles. The van der Waals surface area contributed by atoms with Crippen molar-refractivity contribution in [1.29, 1.82) is 0 Å². The minimum Gasteiger partial charge on any atom is -0.200 e. The molecule has 20 heavy (non-hydrogen) atoms. The molecule has 0 amide bonds. The van der Waals surface area contributed by atoms with Crippen LogP contribution < -0.4 is 4.57 Å². The molecule has 0 unspecified atom stereocenters. The SMILES string of the molecule is C#Cc1ccccc1-c1c(/C=C\C=C)c(C)cc[n+]1C. The molecule has 1 aromatic heterocycles. The Balaban J connectivity index is 2.79. The third-order valence-electron chi connectivity index (χ3n) is 3.32. The van der Waals surface area contributed by atoms with Gasteiger partial charge in [0.2, 0.25) is 5.69 Å². The van der Waals surface area contributed by atoms with Crippen LogP contribution in [0.1, 0.15) is 16.7 Å². The number of pyridine rings is 1. The van der Waals surface area contributed by atoms with E-state index in [1.54, 1.807) is 6.08 Å². The summed E-state index contributed by atoms with van der Waals surface area (Å²) in [7, 11) is 2.04. The van der Waals surface area contributed by atoms with Crippen LogP contribution in [0.15, 0.2) is 55.3 Å². The van der Waals surface area contributed by atoms with Crippen molar-refractivity contribution in [3.8, 4) is 23.6 Å². The first kappa shape index (κ1) is 13.8. The van der Waals surface area contributed by atoms with Crippen LogP contribution in [0.2, 0.25) is 0 Å². The highest BCUT2D eigenvalue weighted by Crippen LogP contribution is 2.26. The molecular weight excluding hydrogens is 242 g/mol. The van der Waals surface area contributed by atoms with Crippen molar-refractivity contribution in [2.75, 3.05) is 0 Å². The quantitative estimate of drug-likeness (QED) is 0.450. The molecule has 0 N–H and O–H groups in total. The Morgan fingerprint density at radius 1 is 1.25 bits per heavy atom. The third-order valence-corrected chi connectivity index (χ3v) is 3.32. The lowest BCUT2D eigenvalue weighted by Gasteiger charge is -2.09. The minimum absolute atomic E-state index is 0.905. The van der Waals surface area contributed by atoms with Crippen LogP contribution in [0.4, 0.5) is 0 Å². The standard InChI is InChI=1S/C19H18N/c1-5-7-11-17-15(3)13-14-20(4)19(17)18-12-9-8-10-16(18)6-2/h2,5,7-14H,1H2,3-4H3/q+1/b11-7-. The number of hydrogen-bond acceptors (Lipinski definition) is 0. The molecule has 0 bridgehead atoms. The van der Waals surface area contributed by atoms with Gasteiger partial charge in [0.15, 0.2) is 6.20 Å². The Bertz CT molecular complexity index is 715. The Morgan fingerprint density at radius 2 is 2.00 bits per heavy atom. The van der Waals surface area contributed by atoms with Crippen molar-refractivity contribution in [3.05, 3.63) is 72.0 Å². The van der Waals surface area contributed by atoms with Gasteiger partial charge in [-0.25, -0.2) is 4.57 Å². The van der Waals surface area contributed by atoms with Crippen LogP contribution in [0.25, 0.3) is 17.3 Å². The highest BCUT2D eigenvalue weighted by molar-refractivity contribution is 5.76. The van der Waals surface area contributed by atoms with Crippen molar-refractivity contribution in [1.82, 2.24) is 0 Å². The van der Waals surface area contributed by atoms with Crippen LogP contribution in [-0.2, 0) is 7.05 Å². The van der Waals surface area contributed by atoms with Gasteiger partial charge in [-0.1, -0.05) is 36.8 Å². The zero-order valence-electron chi connectivity index (χ0n) is 11.9. The first-order valence-corrected chi connectivity index (χ1v) is 6.53. The summed E-state index contributed by atoms with van der Waals surface area (Å²) in [6.45, 7) is 5.84. The van der Waals surface area contributed by atoms with Crippen molar-refractivity contribution >= 4 is 6.08 Å². The number of terminal acetylenes is 1. The molecule has 1 heterocycles. The second-order valence-electron chi connectivity index (χ2n) is 4.66. The van der Waals surface area contributed by atoms with Gasteiger partial charge in [0.25, 0.3) is 0 Å². The van der Waals surface area contributed by atoms with Gasteiger partial charge in [-0.05, 0) is 30.7 Å². The van der Waals surface area contributed by atoms with E-state index in [9.17, 15) is 0 Å². The fourth-order valence-corrected chi connectivity index (χ4v) is 2.29. The first-order chi connectivity index (χ1) is 9.69. The van der Waals surface area contributed by atoms with Crippen molar-refractivity contribution in [2.24, 2.45) is 7.05 Å². The highest BCUT2D eigenvalue weighted by Gasteiger charge is 2.18. The molecule has 0 radical (unpaired) electrons.